The van der Waals surface area contributed by atoms with Crippen molar-refractivity contribution < 1.29 is 0 Å². The molecule has 0 rings (SSSR count). The quantitative estimate of drug-likeness (QED) is 0.148. The van der Waals surface area contributed by atoms with E-state index in [1.165, 1.54) is 44.9 Å². The molecule has 0 aromatic rings. The Labute approximate surface area is 169 Å². The Bertz CT molecular complexity index is 241. The second kappa shape index (κ2) is 23.8. The minimum absolute atomic E-state index is 0.754. The van der Waals surface area contributed by atoms with Crippen molar-refractivity contribution >= 4 is 0 Å². The van der Waals surface area contributed by atoms with Gasteiger partial charge < -0.3 is 31.9 Å². The molecule has 0 atom stereocenters. The molecule has 6 heteroatoms. The van der Waals surface area contributed by atoms with Gasteiger partial charge in [0, 0.05) is 0 Å². The van der Waals surface area contributed by atoms with Crippen LogP contribution in [0.25, 0.3) is 0 Å². The van der Waals surface area contributed by atoms with Gasteiger partial charge in [-0.1, -0.05) is 13.3 Å². The Kier molecular flexibility index (Phi) is 23.6. The highest BCUT2D eigenvalue weighted by atomic mass is 14.9. The molecule has 164 valence electrons. The second-order valence-corrected chi connectivity index (χ2v) is 7.51. The number of nitrogens with one attached hydrogen (secondary N) is 6. The smallest absolute Gasteiger partial charge is 0.000848 e. The molecule has 0 bridgehead atoms. The van der Waals surface area contributed by atoms with Gasteiger partial charge in [-0.3, -0.25) is 0 Å². The van der Waals surface area contributed by atoms with Gasteiger partial charge in [0.1, 0.15) is 0 Å². The molecule has 0 heterocycles. The van der Waals surface area contributed by atoms with Crippen LogP contribution in [-0.4, -0.2) is 79.5 Å². The van der Waals surface area contributed by atoms with Crippen LogP contribution in [0.5, 0.6) is 0 Å². The summed E-state index contributed by atoms with van der Waals surface area (Å²) in [6.45, 7) is 13.7. The van der Waals surface area contributed by atoms with Gasteiger partial charge in [0.25, 0.3) is 0 Å². The summed E-state index contributed by atoms with van der Waals surface area (Å²) in [6.07, 6.45) is 8.75. The zero-order chi connectivity index (χ0) is 19.8. The van der Waals surface area contributed by atoms with E-state index in [-0.39, 0.29) is 0 Å². The van der Waals surface area contributed by atoms with Crippen molar-refractivity contribution in [3.8, 4) is 0 Å². The molecule has 0 saturated carbocycles. The van der Waals surface area contributed by atoms with Crippen LogP contribution in [-0.2, 0) is 0 Å². The Morgan fingerprint density at radius 1 is 0.481 bits per heavy atom. The minimum Gasteiger partial charge on any atom is -0.320 e. The number of rotatable bonds is 23. The largest absolute Gasteiger partial charge is 0.320 e. The summed E-state index contributed by atoms with van der Waals surface area (Å²) in [5.74, 6) is 0.754. The summed E-state index contributed by atoms with van der Waals surface area (Å²) in [5.41, 5.74) is 0. The molecule has 0 aromatic heterocycles. The van der Waals surface area contributed by atoms with E-state index in [0.717, 1.165) is 71.4 Å². The van der Waals surface area contributed by atoms with Gasteiger partial charge >= 0.3 is 0 Å². The fraction of sp³-hybridized carbons (Fsp3) is 1.00. The van der Waals surface area contributed by atoms with E-state index in [1.807, 2.05) is 14.1 Å². The molecule has 0 aliphatic rings. The Morgan fingerprint density at radius 2 is 0.852 bits per heavy atom. The SMILES string of the molecule is CCC(CNCCCCNCCCNC)CNCCCCNCCCNC. The minimum atomic E-state index is 0.754. The first-order valence-electron chi connectivity index (χ1n) is 11.5. The van der Waals surface area contributed by atoms with Crippen molar-refractivity contribution in [1.82, 2.24) is 31.9 Å². The topological polar surface area (TPSA) is 72.2 Å². The highest BCUT2D eigenvalue weighted by Gasteiger charge is 2.04. The van der Waals surface area contributed by atoms with Crippen LogP contribution in [0.3, 0.4) is 0 Å². The van der Waals surface area contributed by atoms with E-state index in [4.69, 9.17) is 0 Å². The van der Waals surface area contributed by atoms with Crippen LogP contribution in [0, 0.1) is 5.92 Å². The molecule has 0 spiro atoms. The predicted molar refractivity (Wildman–Crippen MR) is 121 cm³/mol. The zero-order valence-electron chi connectivity index (χ0n) is 18.6. The fourth-order valence-electron chi connectivity index (χ4n) is 3.00. The molecule has 0 amide bonds. The summed E-state index contributed by atoms with van der Waals surface area (Å²) in [5, 5.41) is 20.7. The van der Waals surface area contributed by atoms with E-state index < -0.39 is 0 Å². The van der Waals surface area contributed by atoms with Crippen LogP contribution in [0.15, 0.2) is 0 Å². The van der Waals surface area contributed by atoms with Crippen LogP contribution in [0.4, 0.5) is 0 Å². The van der Waals surface area contributed by atoms with Gasteiger partial charge in [-0.2, -0.15) is 0 Å². The van der Waals surface area contributed by atoms with Gasteiger partial charge in [-0.25, -0.2) is 0 Å². The molecule has 27 heavy (non-hydrogen) atoms. The van der Waals surface area contributed by atoms with E-state index in [9.17, 15) is 0 Å². The maximum absolute atomic E-state index is 3.64. The van der Waals surface area contributed by atoms with Gasteiger partial charge in [-0.15, -0.1) is 0 Å². The monoisotopic (exact) mass is 386 g/mol. The molecule has 6 nitrogen and oxygen atoms in total. The van der Waals surface area contributed by atoms with Gasteiger partial charge in [-0.05, 0) is 124 Å². The Morgan fingerprint density at radius 3 is 1.22 bits per heavy atom. The molecule has 0 aromatic carbocycles. The first-order chi connectivity index (χ1) is 13.3. The van der Waals surface area contributed by atoms with Crippen LogP contribution >= 0.6 is 0 Å². The van der Waals surface area contributed by atoms with E-state index in [1.54, 1.807) is 0 Å². The first-order valence-corrected chi connectivity index (χ1v) is 11.5. The third kappa shape index (κ3) is 21.9. The summed E-state index contributed by atoms with van der Waals surface area (Å²) in [4.78, 5) is 0. The van der Waals surface area contributed by atoms with Crippen LogP contribution < -0.4 is 31.9 Å². The highest BCUT2D eigenvalue weighted by Crippen LogP contribution is 1.99. The number of hydrogen-bond donors (Lipinski definition) is 6. The van der Waals surface area contributed by atoms with Gasteiger partial charge in [0.15, 0.2) is 0 Å². The lowest BCUT2D eigenvalue weighted by molar-refractivity contribution is 0.423. The van der Waals surface area contributed by atoms with Gasteiger partial charge in [0.05, 0.1) is 0 Å². The fourth-order valence-corrected chi connectivity index (χ4v) is 3.00. The summed E-state index contributed by atoms with van der Waals surface area (Å²) in [6, 6.07) is 0. The van der Waals surface area contributed by atoms with Gasteiger partial charge in [0.2, 0.25) is 0 Å². The average Bonchev–Trinajstić information content (AvgIpc) is 2.69. The van der Waals surface area contributed by atoms with Crippen molar-refractivity contribution in [2.24, 2.45) is 5.92 Å². The van der Waals surface area contributed by atoms with E-state index in [0.29, 0.717) is 0 Å². The van der Waals surface area contributed by atoms with Crippen LogP contribution in [0.2, 0.25) is 0 Å². The van der Waals surface area contributed by atoms with E-state index in [2.05, 4.69) is 38.8 Å². The maximum Gasteiger partial charge on any atom is -0.000848 e. The Balaban J connectivity index is 3.28. The molecular weight excluding hydrogens is 336 g/mol. The highest BCUT2D eigenvalue weighted by molar-refractivity contribution is 4.64. The average molecular weight is 387 g/mol. The lowest BCUT2D eigenvalue weighted by Crippen LogP contribution is -2.32. The number of unbranched alkanes of at least 4 members (excludes halogenated alkanes) is 2. The summed E-state index contributed by atoms with van der Waals surface area (Å²) >= 11 is 0. The molecule has 0 aliphatic heterocycles. The third-order valence-electron chi connectivity index (χ3n) is 4.92. The molecular formula is C21H50N6. The third-order valence-corrected chi connectivity index (χ3v) is 4.92. The number of hydrogen-bond acceptors (Lipinski definition) is 6. The first kappa shape index (κ1) is 26.8. The van der Waals surface area contributed by atoms with Crippen molar-refractivity contribution in [1.29, 1.82) is 0 Å². The molecule has 0 saturated heterocycles. The van der Waals surface area contributed by atoms with Crippen molar-refractivity contribution in [3.63, 3.8) is 0 Å². The molecule has 0 unspecified atom stereocenters. The normalized spacial score (nSPS) is 11.6. The van der Waals surface area contributed by atoms with E-state index >= 15 is 0 Å². The predicted octanol–water partition coefficient (Wildman–Crippen LogP) is 1.15. The molecule has 0 aliphatic carbocycles. The Hall–Kier alpha value is -0.240. The summed E-state index contributed by atoms with van der Waals surface area (Å²) in [7, 11) is 4.02. The molecule has 0 radical (unpaired) electrons. The summed E-state index contributed by atoms with van der Waals surface area (Å²) < 4.78 is 0. The van der Waals surface area contributed by atoms with Crippen molar-refractivity contribution in [3.05, 3.63) is 0 Å². The van der Waals surface area contributed by atoms with Crippen molar-refractivity contribution in [2.45, 2.75) is 51.9 Å². The lowest BCUT2D eigenvalue weighted by atomic mass is 10.1. The molecule has 0 fully saturated rings. The zero-order valence-corrected chi connectivity index (χ0v) is 18.6. The van der Waals surface area contributed by atoms with Crippen LogP contribution in [0.1, 0.15) is 51.9 Å². The maximum atomic E-state index is 3.64. The lowest BCUT2D eigenvalue weighted by Gasteiger charge is -2.16. The standard InChI is InChI=1S/C21H50N6/c1-4-21(19-26-15-7-5-13-24-17-9-11-22-2)20-27-16-8-6-14-25-18-10-12-23-3/h21-27H,4-20H2,1-3H3. The second-order valence-electron chi connectivity index (χ2n) is 7.51. The van der Waals surface area contributed by atoms with Crippen molar-refractivity contribution in [2.75, 3.05) is 79.5 Å². The molecule has 6 N–H and O–H groups in total.